The lowest BCUT2D eigenvalue weighted by Crippen LogP contribution is -2.22. The van der Waals surface area contributed by atoms with Crippen molar-refractivity contribution in [1.29, 1.82) is 0 Å². The minimum Gasteiger partial charge on any atom is -0.372 e. The summed E-state index contributed by atoms with van der Waals surface area (Å²) in [6.45, 7) is 3.62. The first-order chi connectivity index (χ1) is 8.92. The summed E-state index contributed by atoms with van der Waals surface area (Å²) in [4.78, 5) is 5.54. The fourth-order valence-electron chi connectivity index (χ4n) is 1.45. The van der Waals surface area contributed by atoms with Gasteiger partial charge in [0, 0.05) is 17.7 Å². The van der Waals surface area contributed by atoms with Crippen molar-refractivity contribution in [2.75, 3.05) is 19.8 Å². The third-order valence-electron chi connectivity index (χ3n) is 2.47. The Morgan fingerprint density at radius 1 is 1.47 bits per heavy atom. The van der Waals surface area contributed by atoms with Crippen LogP contribution in [0.15, 0.2) is 6.20 Å². The number of halogens is 3. The Balaban J connectivity index is 2.12. The highest BCUT2D eigenvalue weighted by molar-refractivity contribution is 7.11. The molecule has 0 saturated heterocycles. The lowest BCUT2D eigenvalue weighted by molar-refractivity contribution is -0.173. The standard InChI is InChI=1S/C12H19F3N2OS/c1-3-10-7-17-11(19-10)9(2)16-5-4-6-18-8-12(13,14)15/h7,9,16H,3-6,8H2,1-2H3. The number of aryl methyl sites for hydroxylation is 1. The van der Waals surface area contributed by atoms with Crippen molar-refractivity contribution in [1.82, 2.24) is 10.3 Å². The minimum absolute atomic E-state index is 0.108. The van der Waals surface area contributed by atoms with Gasteiger partial charge in [-0.2, -0.15) is 13.2 Å². The Bertz CT molecular complexity index is 368. The second-order valence-corrected chi connectivity index (χ2v) is 5.36. The van der Waals surface area contributed by atoms with E-state index < -0.39 is 12.8 Å². The summed E-state index contributed by atoms with van der Waals surface area (Å²) >= 11 is 1.66. The lowest BCUT2D eigenvalue weighted by atomic mass is 10.3. The molecule has 1 N–H and O–H groups in total. The monoisotopic (exact) mass is 296 g/mol. The number of alkyl halides is 3. The molecule has 0 aliphatic carbocycles. The van der Waals surface area contributed by atoms with E-state index in [0.717, 1.165) is 11.4 Å². The molecule has 7 heteroatoms. The fourth-order valence-corrected chi connectivity index (χ4v) is 2.34. The topological polar surface area (TPSA) is 34.2 Å². The maximum Gasteiger partial charge on any atom is 0.411 e. The summed E-state index contributed by atoms with van der Waals surface area (Å²) in [6.07, 6.45) is -0.856. The van der Waals surface area contributed by atoms with E-state index in [9.17, 15) is 13.2 Å². The highest BCUT2D eigenvalue weighted by atomic mass is 32.1. The Morgan fingerprint density at radius 3 is 2.79 bits per heavy atom. The Labute approximate surface area is 115 Å². The third kappa shape index (κ3) is 6.89. The van der Waals surface area contributed by atoms with Crippen LogP contribution in [0.3, 0.4) is 0 Å². The van der Waals surface area contributed by atoms with E-state index in [2.05, 4.69) is 22.0 Å². The second kappa shape index (κ2) is 7.81. The summed E-state index contributed by atoms with van der Waals surface area (Å²) in [6, 6.07) is 0.118. The van der Waals surface area contributed by atoms with Crippen molar-refractivity contribution >= 4 is 11.3 Å². The van der Waals surface area contributed by atoms with Gasteiger partial charge in [-0.15, -0.1) is 11.3 Å². The SMILES string of the molecule is CCc1cnc(C(C)NCCCOCC(F)(F)F)s1. The number of nitrogens with one attached hydrogen (secondary N) is 1. The average molecular weight is 296 g/mol. The van der Waals surface area contributed by atoms with Gasteiger partial charge in [0.2, 0.25) is 0 Å². The molecule has 0 aliphatic heterocycles. The molecule has 0 saturated carbocycles. The Hall–Kier alpha value is -0.660. The first-order valence-electron chi connectivity index (χ1n) is 6.25. The smallest absolute Gasteiger partial charge is 0.372 e. The molecular weight excluding hydrogens is 277 g/mol. The van der Waals surface area contributed by atoms with Gasteiger partial charge in [-0.25, -0.2) is 4.98 Å². The maximum absolute atomic E-state index is 11.8. The lowest BCUT2D eigenvalue weighted by Gasteiger charge is -2.11. The van der Waals surface area contributed by atoms with Crippen LogP contribution in [0.25, 0.3) is 0 Å². The quantitative estimate of drug-likeness (QED) is 0.747. The average Bonchev–Trinajstić information content (AvgIpc) is 2.80. The van der Waals surface area contributed by atoms with E-state index in [1.54, 1.807) is 11.3 Å². The van der Waals surface area contributed by atoms with E-state index in [4.69, 9.17) is 0 Å². The molecule has 1 heterocycles. The summed E-state index contributed by atoms with van der Waals surface area (Å²) < 4.78 is 39.9. The Morgan fingerprint density at radius 2 is 2.21 bits per heavy atom. The molecule has 0 fully saturated rings. The van der Waals surface area contributed by atoms with Gasteiger partial charge in [-0.05, 0) is 26.3 Å². The minimum atomic E-state index is -4.24. The molecule has 19 heavy (non-hydrogen) atoms. The zero-order valence-corrected chi connectivity index (χ0v) is 11.9. The highest BCUT2D eigenvalue weighted by Crippen LogP contribution is 2.20. The van der Waals surface area contributed by atoms with Gasteiger partial charge in [-0.1, -0.05) is 6.92 Å². The van der Waals surface area contributed by atoms with E-state index in [1.165, 1.54) is 4.88 Å². The van der Waals surface area contributed by atoms with Crippen molar-refractivity contribution in [2.45, 2.75) is 38.9 Å². The van der Waals surface area contributed by atoms with Crippen molar-refractivity contribution < 1.29 is 17.9 Å². The van der Waals surface area contributed by atoms with Gasteiger partial charge in [0.05, 0.1) is 6.04 Å². The van der Waals surface area contributed by atoms with Gasteiger partial charge in [-0.3, -0.25) is 0 Å². The maximum atomic E-state index is 11.8. The Kier molecular flexibility index (Phi) is 6.74. The predicted octanol–water partition coefficient (Wildman–Crippen LogP) is 3.33. The van der Waals surface area contributed by atoms with Crippen LogP contribution >= 0.6 is 11.3 Å². The van der Waals surface area contributed by atoms with Crippen LogP contribution in [-0.4, -0.2) is 30.9 Å². The zero-order chi connectivity index (χ0) is 14.3. The first-order valence-corrected chi connectivity index (χ1v) is 7.06. The van der Waals surface area contributed by atoms with Gasteiger partial charge in [0.15, 0.2) is 0 Å². The van der Waals surface area contributed by atoms with Crippen LogP contribution in [0.2, 0.25) is 0 Å². The van der Waals surface area contributed by atoms with Gasteiger partial charge in [0.25, 0.3) is 0 Å². The normalized spacial score (nSPS) is 13.7. The fraction of sp³-hybridized carbons (Fsp3) is 0.750. The molecule has 0 amide bonds. The molecule has 1 aromatic heterocycles. The van der Waals surface area contributed by atoms with Crippen LogP contribution in [0.5, 0.6) is 0 Å². The summed E-state index contributed by atoms with van der Waals surface area (Å²) in [5.74, 6) is 0. The number of hydrogen-bond donors (Lipinski definition) is 1. The van der Waals surface area contributed by atoms with Crippen LogP contribution in [-0.2, 0) is 11.2 Å². The molecular formula is C12H19F3N2OS. The third-order valence-corrected chi connectivity index (χ3v) is 3.80. The number of thiazole rings is 1. The van der Waals surface area contributed by atoms with Gasteiger partial charge < -0.3 is 10.1 Å². The molecule has 0 bridgehead atoms. The molecule has 0 aromatic carbocycles. The van der Waals surface area contributed by atoms with E-state index in [-0.39, 0.29) is 12.6 Å². The zero-order valence-electron chi connectivity index (χ0n) is 11.1. The second-order valence-electron chi connectivity index (χ2n) is 4.22. The molecule has 0 aliphatic rings. The van der Waals surface area contributed by atoms with Crippen LogP contribution in [0.4, 0.5) is 13.2 Å². The summed E-state index contributed by atoms with van der Waals surface area (Å²) in [7, 11) is 0. The number of rotatable bonds is 8. The predicted molar refractivity (Wildman–Crippen MR) is 69.4 cm³/mol. The number of ether oxygens (including phenoxy) is 1. The number of nitrogens with zero attached hydrogens (tertiary/aromatic N) is 1. The van der Waals surface area contributed by atoms with Crippen LogP contribution in [0.1, 0.15) is 36.2 Å². The molecule has 110 valence electrons. The van der Waals surface area contributed by atoms with Crippen molar-refractivity contribution in [3.05, 3.63) is 16.1 Å². The molecule has 0 spiro atoms. The summed E-state index contributed by atoms with van der Waals surface area (Å²) in [5.41, 5.74) is 0. The molecule has 1 unspecified atom stereocenters. The molecule has 1 aromatic rings. The van der Waals surface area contributed by atoms with E-state index >= 15 is 0 Å². The van der Waals surface area contributed by atoms with Crippen molar-refractivity contribution in [2.24, 2.45) is 0 Å². The van der Waals surface area contributed by atoms with Crippen molar-refractivity contribution in [3.8, 4) is 0 Å². The first kappa shape index (κ1) is 16.4. The van der Waals surface area contributed by atoms with E-state index in [1.807, 2.05) is 13.1 Å². The molecule has 3 nitrogen and oxygen atoms in total. The van der Waals surface area contributed by atoms with Gasteiger partial charge >= 0.3 is 6.18 Å². The summed E-state index contributed by atoms with van der Waals surface area (Å²) in [5, 5.41) is 4.23. The molecule has 0 radical (unpaired) electrons. The van der Waals surface area contributed by atoms with Crippen LogP contribution < -0.4 is 5.32 Å². The largest absolute Gasteiger partial charge is 0.411 e. The van der Waals surface area contributed by atoms with Gasteiger partial charge in [0.1, 0.15) is 11.6 Å². The number of hydrogen-bond acceptors (Lipinski definition) is 4. The van der Waals surface area contributed by atoms with Crippen molar-refractivity contribution in [3.63, 3.8) is 0 Å². The molecule has 1 rings (SSSR count). The highest BCUT2D eigenvalue weighted by Gasteiger charge is 2.27. The molecule has 1 atom stereocenters. The van der Waals surface area contributed by atoms with Crippen LogP contribution in [0, 0.1) is 0 Å². The number of aromatic nitrogens is 1. The van der Waals surface area contributed by atoms with E-state index in [0.29, 0.717) is 13.0 Å².